The van der Waals surface area contributed by atoms with Gasteiger partial charge in [0.1, 0.15) is 19.3 Å². The van der Waals surface area contributed by atoms with E-state index >= 15 is 0 Å². The number of amides is 1. The molecule has 0 rings (SSSR count). The summed E-state index contributed by atoms with van der Waals surface area (Å²) in [6.45, 7) is 6.71. The minimum absolute atomic E-state index is 0.0338. The van der Waals surface area contributed by atoms with Gasteiger partial charge in [0.15, 0.2) is 0 Å². The maximum Gasteiger partial charge on any atom is 0.306 e. The van der Waals surface area contributed by atoms with Crippen molar-refractivity contribution in [3.63, 3.8) is 0 Å². The molecule has 0 bridgehead atoms. The second kappa shape index (κ2) is 56.7. The Kier molecular flexibility index (Phi) is 54.8. The molecule has 0 aromatic rings. The molecule has 3 unspecified atom stereocenters. The van der Waals surface area contributed by atoms with Crippen LogP contribution in [0.2, 0.25) is 0 Å². The number of nitrogens with zero attached hydrogens (tertiary/aromatic N) is 1. The first kappa shape index (κ1) is 74.5. The van der Waals surface area contributed by atoms with Crippen molar-refractivity contribution in [2.45, 2.75) is 303 Å². The van der Waals surface area contributed by atoms with Crippen LogP contribution in [0.4, 0.5) is 0 Å². The highest BCUT2D eigenvalue weighted by atomic mass is 31.2. The Morgan fingerprint density at radius 2 is 0.844 bits per heavy atom. The van der Waals surface area contributed by atoms with Gasteiger partial charge in [-0.1, -0.05) is 280 Å². The fourth-order valence-electron chi connectivity index (χ4n) is 9.21. The van der Waals surface area contributed by atoms with E-state index in [1.165, 1.54) is 173 Å². The highest BCUT2D eigenvalue weighted by Gasteiger charge is 2.27. The summed E-state index contributed by atoms with van der Waals surface area (Å²) in [6.07, 6.45) is 73.1. The second-order valence-corrected chi connectivity index (χ2v) is 24.3. The minimum Gasteiger partial charge on any atom is -0.756 e. The number of rotatable bonds is 58. The fraction of sp³-hybridized carbons (Fsp3) is 0.791. The van der Waals surface area contributed by atoms with Crippen molar-refractivity contribution in [2.24, 2.45) is 0 Å². The topological polar surface area (TPSA) is 114 Å². The Hall–Kier alpha value is -2.55. The molecule has 0 aliphatic carbocycles. The summed E-state index contributed by atoms with van der Waals surface area (Å²) >= 11 is 0. The molecule has 1 amide bonds. The van der Waals surface area contributed by atoms with Gasteiger partial charge in [-0.15, -0.1) is 0 Å². The summed E-state index contributed by atoms with van der Waals surface area (Å²) in [6, 6.07) is -0.919. The molecule has 9 nitrogen and oxygen atoms in total. The van der Waals surface area contributed by atoms with Crippen molar-refractivity contribution >= 4 is 19.7 Å². The summed E-state index contributed by atoms with van der Waals surface area (Å²) in [5.74, 6) is -0.601. The molecule has 448 valence electrons. The normalized spacial score (nSPS) is 14.1. The molecule has 0 aromatic heterocycles. The number of phosphoric ester groups is 1. The van der Waals surface area contributed by atoms with Gasteiger partial charge in [-0.05, 0) is 70.3 Å². The molecule has 0 heterocycles. The molecule has 0 radical (unpaired) electrons. The molecule has 3 atom stereocenters. The Bertz CT molecular complexity index is 1550. The van der Waals surface area contributed by atoms with Gasteiger partial charge in [-0.2, -0.15) is 0 Å². The summed E-state index contributed by atoms with van der Waals surface area (Å²) in [5, 5.41) is 3.00. The van der Waals surface area contributed by atoms with E-state index in [4.69, 9.17) is 13.8 Å². The van der Waals surface area contributed by atoms with Crippen molar-refractivity contribution in [1.29, 1.82) is 0 Å². The lowest BCUT2D eigenvalue weighted by Gasteiger charge is -2.30. The zero-order valence-corrected chi connectivity index (χ0v) is 52.0. The van der Waals surface area contributed by atoms with Gasteiger partial charge in [0.05, 0.1) is 33.8 Å². The molecular weight excluding hydrogens is 976 g/mol. The van der Waals surface area contributed by atoms with Crippen LogP contribution < -0.4 is 10.2 Å². The summed E-state index contributed by atoms with van der Waals surface area (Å²) in [4.78, 5) is 40.0. The standard InChI is InChI=1S/C67H123N2O7P/c1-7-10-13-16-19-22-25-28-30-32-33-34-35-37-39-42-45-48-51-54-57-60-67(71)76-65(58-55-52-49-46-43-40-27-24-21-18-15-12-9-3)64(63-75-77(72,73)74-62-61-69(4,5)6)68-66(70)59-56-53-50-47-44-41-38-36-31-29-26-23-20-17-14-11-8-2/h11,14,20,23,29,31,38,41,47,50,55,58,64-65H,7-10,12-13,15-19,21-22,24-28,30,32-37,39-40,42-46,48-49,51-54,56-57,59-63H2,1-6H3,(H-,68,70,72,73)/b14-11-,23-20-,31-29-,41-38-,50-47-,58-55+. The first-order valence-corrected chi connectivity index (χ1v) is 33.7. The first-order chi connectivity index (χ1) is 37.4. The van der Waals surface area contributed by atoms with Crippen molar-refractivity contribution in [1.82, 2.24) is 5.32 Å². The number of ether oxygens (including phenoxy) is 1. The fourth-order valence-corrected chi connectivity index (χ4v) is 9.93. The van der Waals surface area contributed by atoms with Crippen molar-refractivity contribution in [2.75, 3.05) is 40.9 Å². The van der Waals surface area contributed by atoms with E-state index in [-0.39, 0.29) is 31.3 Å². The van der Waals surface area contributed by atoms with Gasteiger partial charge < -0.3 is 28.5 Å². The first-order valence-electron chi connectivity index (χ1n) is 32.2. The van der Waals surface area contributed by atoms with E-state index in [0.29, 0.717) is 17.4 Å². The van der Waals surface area contributed by atoms with Gasteiger partial charge >= 0.3 is 5.97 Å². The molecule has 0 saturated carbocycles. The minimum atomic E-state index is -4.72. The second-order valence-electron chi connectivity index (χ2n) is 22.9. The molecule has 0 aliphatic rings. The zero-order valence-electron chi connectivity index (χ0n) is 51.2. The van der Waals surface area contributed by atoms with Gasteiger partial charge in [-0.25, -0.2) is 0 Å². The van der Waals surface area contributed by atoms with Crippen molar-refractivity contribution in [3.8, 4) is 0 Å². The zero-order chi connectivity index (χ0) is 56.4. The van der Waals surface area contributed by atoms with Crippen molar-refractivity contribution < 1.29 is 37.3 Å². The van der Waals surface area contributed by atoms with E-state index in [2.05, 4.69) is 86.8 Å². The molecule has 10 heteroatoms. The third kappa shape index (κ3) is 57.9. The highest BCUT2D eigenvalue weighted by molar-refractivity contribution is 7.45. The Morgan fingerprint density at radius 3 is 1.26 bits per heavy atom. The lowest BCUT2D eigenvalue weighted by molar-refractivity contribution is -0.870. The van der Waals surface area contributed by atoms with Crippen LogP contribution in [0.3, 0.4) is 0 Å². The van der Waals surface area contributed by atoms with Gasteiger partial charge in [0.2, 0.25) is 5.91 Å². The molecule has 0 aliphatic heterocycles. The molecule has 77 heavy (non-hydrogen) atoms. The Labute approximate surface area is 476 Å². The predicted molar refractivity (Wildman–Crippen MR) is 330 cm³/mol. The Morgan fingerprint density at radius 1 is 0.468 bits per heavy atom. The van der Waals surface area contributed by atoms with Gasteiger partial charge in [0, 0.05) is 12.8 Å². The largest absolute Gasteiger partial charge is 0.756 e. The molecular formula is C67H123N2O7P. The van der Waals surface area contributed by atoms with Gasteiger partial charge in [0.25, 0.3) is 7.82 Å². The monoisotopic (exact) mass is 1100 g/mol. The van der Waals surface area contributed by atoms with E-state index in [1.807, 2.05) is 33.3 Å². The number of phosphoric acid groups is 1. The number of carbonyl (C=O) groups excluding carboxylic acids is 2. The molecule has 1 N–H and O–H groups in total. The lowest BCUT2D eigenvalue weighted by Crippen LogP contribution is -2.47. The quantitative estimate of drug-likeness (QED) is 0.0212. The van der Waals surface area contributed by atoms with Crippen LogP contribution in [-0.2, 0) is 27.9 Å². The number of esters is 1. The van der Waals surface area contributed by atoms with Crippen LogP contribution in [0.5, 0.6) is 0 Å². The van der Waals surface area contributed by atoms with Gasteiger partial charge in [-0.3, -0.25) is 14.2 Å². The van der Waals surface area contributed by atoms with E-state index in [1.54, 1.807) is 0 Å². The van der Waals surface area contributed by atoms with E-state index in [0.717, 1.165) is 77.0 Å². The molecule has 0 saturated heterocycles. The van der Waals surface area contributed by atoms with Crippen molar-refractivity contribution in [3.05, 3.63) is 72.9 Å². The average Bonchev–Trinajstić information content (AvgIpc) is 3.39. The lowest BCUT2D eigenvalue weighted by atomic mass is 10.0. The van der Waals surface area contributed by atoms with E-state index < -0.39 is 26.6 Å². The summed E-state index contributed by atoms with van der Waals surface area (Å²) in [5.41, 5.74) is 0. The number of nitrogens with one attached hydrogen (secondary N) is 1. The third-order valence-corrected chi connectivity index (χ3v) is 15.1. The maximum atomic E-state index is 13.5. The number of hydrogen-bond acceptors (Lipinski definition) is 7. The summed E-state index contributed by atoms with van der Waals surface area (Å²) < 4.78 is 30.3. The highest BCUT2D eigenvalue weighted by Crippen LogP contribution is 2.38. The molecule has 0 fully saturated rings. The number of allylic oxidation sites excluding steroid dienone is 11. The molecule has 0 spiro atoms. The maximum absolute atomic E-state index is 13.5. The number of carbonyl (C=O) groups is 2. The van der Waals surface area contributed by atoms with E-state index in [9.17, 15) is 19.0 Å². The van der Waals surface area contributed by atoms with Crippen LogP contribution in [0.1, 0.15) is 290 Å². The molecule has 0 aromatic carbocycles. The average molecular weight is 1100 g/mol. The SMILES string of the molecule is CC/C=C\C/C=C\C/C=C\C/C=C\C/C=C\CCCC(=O)NC(COP(=O)([O-])OCC[N+](C)(C)C)C(/C=C/CCCCCCCCCCCCC)OC(=O)CCCCCCCCCCCCCCCCCCCCCCC. The number of quaternary nitrogens is 1. The smallest absolute Gasteiger partial charge is 0.306 e. The summed E-state index contributed by atoms with van der Waals surface area (Å²) in [7, 11) is 1.15. The third-order valence-electron chi connectivity index (χ3n) is 14.2. The van der Waals surface area contributed by atoms with Crippen LogP contribution >= 0.6 is 7.82 Å². The predicted octanol–water partition coefficient (Wildman–Crippen LogP) is 19.4. The van der Waals surface area contributed by atoms with Crippen LogP contribution in [0.25, 0.3) is 0 Å². The van der Waals surface area contributed by atoms with Crippen LogP contribution in [0, 0.1) is 0 Å². The Balaban J connectivity index is 5.28. The number of likely N-dealkylation sites (N-methyl/N-ethyl adjacent to an activating group) is 1. The number of hydrogen-bond donors (Lipinski definition) is 1. The van der Waals surface area contributed by atoms with Crippen LogP contribution in [0.15, 0.2) is 72.9 Å². The van der Waals surface area contributed by atoms with Crippen LogP contribution in [-0.4, -0.2) is 69.4 Å². The number of unbranched alkanes of at least 4 members (excludes halogenated alkanes) is 32.